The highest BCUT2D eigenvalue weighted by molar-refractivity contribution is 7.89. The molecule has 0 bridgehead atoms. The summed E-state index contributed by atoms with van der Waals surface area (Å²) in [5, 5.41) is 5.66. The maximum absolute atomic E-state index is 13.2. The number of carbonyl (C=O) groups excluding carboxylic acids is 2. The number of carbonyl (C=O) groups is 2. The highest BCUT2D eigenvalue weighted by Gasteiger charge is 2.32. The predicted molar refractivity (Wildman–Crippen MR) is 125 cm³/mol. The van der Waals surface area contributed by atoms with E-state index in [0.29, 0.717) is 36.4 Å². The summed E-state index contributed by atoms with van der Waals surface area (Å²) in [5.41, 5.74) is 1.62. The number of hydrogen-bond donors (Lipinski definition) is 2. The van der Waals surface area contributed by atoms with Crippen LogP contribution in [-0.4, -0.2) is 44.2 Å². The van der Waals surface area contributed by atoms with Crippen LogP contribution in [0.25, 0.3) is 0 Å². The van der Waals surface area contributed by atoms with E-state index in [9.17, 15) is 18.0 Å². The summed E-state index contributed by atoms with van der Waals surface area (Å²) in [4.78, 5) is 24.6. The van der Waals surface area contributed by atoms with Gasteiger partial charge < -0.3 is 15.4 Å². The number of amides is 2. The smallest absolute Gasteiger partial charge is 0.262 e. The zero-order valence-electron chi connectivity index (χ0n) is 19.0. The van der Waals surface area contributed by atoms with Gasteiger partial charge in [-0.1, -0.05) is 26.0 Å². The molecule has 9 heteroatoms. The van der Waals surface area contributed by atoms with Gasteiger partial charge in [-0.2, -0.15) is 4.31 Å². The van der Waals surface area contributed by atoms with Crippen LogP contribution < -0.4 is 15.4 Å². The Hall–Kier alpha value is -2.91. The van der Waals surface area contributed by atoms with E-state index in [1.54, 1.807) is 24.3 Å². The van der Waals surface area contributed by atoms with E-state index in [2.05, 4.69) is 24.5 Å². The first kappa shape index (κ1) is 23.3. The molecule has 0 saturated carbocycles. The molecule has 176 valence electrons. The molecule has 3 unspecified atom stereocenters. The molecule has 8 nitrogen and oxygen atoms in total. The summed E-state index contributed by atoms with van der Waals surface area (Å²) in [7, 11) is -3.68. The molecule has 3 atom stereocenters. The first-order chi connectivity index (χ1) is 15.6. The molecule has 2 aromatic rings. The largest absolute Gasteiger partial charge is 0.482 e. The molecule has 2 heterocycles. The third-order valence-electron chi connectivity index (χ3n) is 6.05. The van der Waals surface area contributed by atoms with E-state index in [0.717, 1.165) is 12.0 Å². The minimum absolute atomic E-state index is 0.0207. The summed E-state index contributed by atoms with van der Waals surface area (Å²) in [6.07, 6.45) is 1.00. The van der Waals surface area contributed by atoms with Crippen molar-refractivity contribution in [1.29, 1.82) is 0 Å². The van der Waals surface area contributed by atoms with Crippen LogP contribution in [0.5, 0.6) is 5.75 Å². The SMILES string of the molecule is CC1CC(C)CN(S(=O)(=O)c2cccc(C(=O)NC(C)c3ccc4c(c3)NC(=O)CO4)c2)C1. The summed E-state index contributed by atoms with van der Waals surface area (Å²) in [5.74, 6) is 0.561. The van der Waals surface area contributed by atoms with Gasteiger partial charge in [0, 0.05) is 18.7 Å². The molecule has 2 amide bonds. The number of benzene rings is 2. The average Bonchev–Trinajstić information content (AvgIpc) is 2.78. The number of ether oxygens (including phenoxy) is 1. The van der Waals surface area contributed by atoms with Crippen molar-refractivity contribution in [2.45, 2.75) is 38.1 Å². The minimum Gasteiger partial charge on any atom is -0.482 e. The van der Waals surface area contributed by atoms with Gasteiger partial charge in [-0.15, -0.1) is 0 Å². The number of rotatable bonds is 5. The van der Waals surface area contributed by atoms with E-state index in [1.165, 1.54) is 16.4 Å². The minimum atomic E-state index is -3.68. The van der Waals surface area contributed by atoms with E-state index in [4.69, 9.17) is 4.74 Å². The first-order valence-electron chi connectivity index (χ1n) is 11.1. The molecule has 2 aliphatic rings. The molecule has 4 rings (SSSR count). The Labute approximate surface area is 194 Å². The third kappa shape index (κ3) is 5.04. The lowest BCUT2D eigenvalue weighted by atomic mass is 9.94. The molecule has 2 N–H and O–H groups in total. The highest BCUT2D eigenvalue weighted by atomic mass is 32.2. The normalized spacial score (nSPS) is 22.0. The number of nitrogens with one attached hydrogen (secondary N) is 2. The fourth-order valence-electron chi connectivity index (χ4n) is 4.48. The van der Waals surface area contributed by atoms with Crippen molar-refractivity contribution in [3.63, 3.8) is 0 Å². The van der Waals surface area contributed by atoms with Crippen LogP contribution in [0.1, 0.15) is 49.2 Å². The number of piperidine rings is 1. The van der Waals surface area contributed by atoms with Crippen molar-refractivity contribution < 1.29 is 22.7 Å². The van der Waals surface area contributed by atoms with Gasteiger partial charge in [0.05, 0.1) is 16.6 Å². The average molecular weight is 472 g/mol. The Kier molecular flexibility index (Phi) is 6.45. The lowest BCUT2D eigenvalue weighted by Gasteiger charge is -2.34. The van der Waals surface area contributed by atoms with Gasteiger partial charge in [-0.05, 0) is 61.1 Å². The fraction of sp³-hybridized carbons (Fsp3) is 0.417. The second-order valence-electron chi connectivity index (χ2n) is 9.08. The Morgan fingerprint density at radius 3 is 2.61 bits per heavy atom. The topological polar surface area (TPSA) is 105 Å². The van der Waals surface area contributed by atoms with Gasteiger partial charge in [0.25, 0.3) is 11.8 Å². The van der Waals surface area contributed by atoms with Crippen molar-refractivity contribution in [2.24, 2.45) is 11.8 Å². The number of fused-ring (bicyclic) bond motifs is 1. The van der Waals surface area contributed by atoms with E-state index in [-0.39, 0.29) is 34.9 Å². The van der Waals surface area contributed by atoms with Gasteiger partial charge >= 0.3 is 0 Å². The third-order valence-corrected chi connectivity index (χ3v) is 7.88. The molecule has 0 aromatic heterocycles. The van der Waals surface area contributed by atoms with Crippen molar-refractivity contribution in [3.8, 4) is 5.75 Å². The van der Waals surface area contributed by atoms with Crippen LogP contribution >= 0.6 is 0 Å². The van der Waals surface area contributed by atoms with Crippen LogP contribution in [-0.2, 0) is 14.8 Å². The fourth-order valence-corrected chi connectivity index (χ4v) is 6.21. The van der Waals surface area contributed by atoms with E-state index >= 15 is 0 Å². The van der Waals surface area contributed by atoms with Crippen LogP contribution in [0, 0.1) is 11.8 Å². The molecule has 0 spiro atoms. The second-order valence-corrected chi connectivity index (χ2v) is 11.0. The molecule has 33 heavy (non-hydrogen) atoms. The highest BCUT2D eigenvalue weighted by Crippen LogP contribution is 2.31. The Balaban J connectivity index is 1.50. The Bertz CT molecular complexity index is 1170. The summed E-state index contributed by atoms with van der Waals surface area (Å²) < 4.78 is 33.3. The Morgan fingerprint density at radius 1 is 1.15 bits per heavy atom. The first-order valence-corrected chi connectivity index (χ1v) is 12.5. The van der Waals surface area contributed by atoms with Gasteiger partial charge in [0.1, 0.15) is 5.75 Å². The molecule has 2 aliphatic heterocycles. The van der Waals surface area contributed by atoms with Crippen molar-refractivity contribution >= 4 is 27.5 Å². The molecule has 0 aliphatic carbocycles. The maximum Gasteiger partial charge on any atom is 0.262 e. The number of nitrogens with zero attached hydrogens (tertiary/aromatic N) is 1. The van der Waals surface area contributed by atoms with Crippen molar-refractivity contribution in [3.05, 3.63) is 53.6 Å². The standard InChI is InChI=1S/C24H29N3O5S/c1-15-9-16(2)13-27(12-15)33(30,31)20-6-4-5-19(10-20)24(29)25-17(3)18-7-8-22-21(11-18)26-23(28)14-32-22/h4-8,10-11,15-17H,9,12-14H2,1-3H3,(H,25,29)(H,26,28). The molecular weight excluding hydrogens is 442 g/mol. The van der Waals surface area contributed by atoms with Crippen LogP contribution in [0.3, 0.4) is 0 Å². The van der Waals surface area contributed by atoms with Crippen molar-refractivity contribution in [2.75, 3.05) is 25.0 Å². The number of hydrogen-bond acceptors (Lipinski definition) is 5. The molecule has 0 radical (unpaired) electrons. The van der Waals surface area contributed by atoms with Gasteiger partial charge in [-0.25, -0.2) is 8.42 Å². The quantitative estimate of drug-likeness (QED) is 0.697. The van der Waals surface area contributed by atoms with Crippen LogP contribution in [0.2, 0.25) is 0 Å². The van der Waals surface area contributed by atoms with Gasteiger partial charge in [0.2, 0.25) is 10.0 Å². The number of anilines is 1. The number of sulfonamides is 1. The summed E-state index contributed by atoms with van der Waals surface area (Å²) in [6.45, 7) is 6.89. The van der Waals surface area contributed by atoms with Gasteiger partial charge in [0.15, 0.2) is 6.61 Å². The van der Waals surface area contributed by atoms with Crippen LogP contribution in [0.4, 0.5) is 5.69 Å². The van der Waals surface area contributed by atoms with Crippen LogP contribution in [0.15, 0.2) is 47.4 Å². The maximum atomic E-state index is 13.2. The van der Waals surface area contributed by atoms with E-state index in [1.807, 2.05) is 13.0 Å². The molecule has 1 saturated heterocycles. The second kappa shape index (κ2) is 9.15. The zero-order chi connectivity index (χ0) is 23.8. The summed E-state index contributed by atoms with van der Waals surface area (Å²) >= 11 is 0. The molecular formula is C24H29N3O5S. The Morgan fingerprint density at radius 2 is 1.88 bits per heavy atom. The predicted octanol–water partition coefficient (Wildman–Crippen LogP) is 3.18. The van der Waals surface area contributed by atoms with Crippen molar-refractivity contribution in [1.82, 2.24) is 9.62 Å². The van der Waals surface area contributed by atoms with Gasteiger partial charge in [-0.3, -0.25) is 9.59 Å². The molecule has 1 fully saturated rings. The summed E-state index contributed by atoms with van der Waals surface area (Å²) in [6, 6.07) is 11.1. The lowest BCUT2D eigenvalue weighted by Crippen LogP contribution is -2.42. The zero-order valence-corrected chi connectivity index (χ0v) is 19.8. The lowest BCUT2D eigenvalue weighted by molar-refractivity contribution is -0.118. The molecule has 2 aromatic carbocycles. The van der Waals surface area contributed by atoms with E-state index < -0.39 is 10.0 Å². The monoisotopic (exact) mass is 471 g/mol.